The molecule has 0 spiro atoms. The Hall–Kier alpha value is -0.740. The second-order valence-corrected chi connectivity index (χ2v) is 8.96. The number of aliphatic hydroxyl groups excluding tert-OH is 1. The number of hydrogen-bond acceptors (Lipinski definition) is 4. The lowest BCUT2D eigenvalue weighted by atomic mass is 9.70. The summed E-state index contributed by atoms with van der Waals surface area (Å²) in [5, 5.41) is 9.26. The summed E-state index contributed by atoms with van der Waals surface area (Å²) in [6.07, 6.45) is 11.8. The zero-order valence-electron chi connectivity index (χ0n) is 16.3. The Balaban J connectivity index is 1.42. The number of hydrogen-bond donors (Lipinski definition) is 1. The van der Waals surface area contributed by atoms with Gasteiger partial charge in [0.25, 0.3) is 0 Å². The van der Waals surface area contributed by atoms with Gasteiger partial charge < -0.3 is 9.84 Å². The molecule has 3 aliphatic carbocycles. The van der Waals surface area contributed by atoms with Gasteiger partial charge in [-0.1, -0.05) is 0 Å². The molecule has 0 aromatic heterocycles. The fourth-order valence-electron chi connectivity index (χ4n) is 5.54. The van der Waals surface area contributed by atoms with Crippen molar-refractivity contribution >= 4 is 11.6 Å². The minimum absolute atomic E-state index is 0.180. The van der Waals surface area contributed by atoms with Crippen molar-refractivity contribution in [2.24, 2.45) is 29.6 Å². The van der Waals surface area contributed by atoms with Crippen LogP contribution in [0.5, 0.6) is 0 Å². The quantitative estimate of drug-likeness (QED) is 0.775. The number of methoxy groups -OCH3 is 1. The lowest BCUT2D eigenvalue weighted by molar-refractivity contribution is -0.134. The summed E-state index contributed by atoms with van der Waals surface area (Å²) < 4.78 is 5.41. The first-order valence-corrected chi connectivity index (χ1v) is 10.8. The molecule has 3 rings (SSSR count). The highest BCUT2D eigenvalue weighted by molar-refractivity contribution is 5.85. The standard InChI is InChI=1S/C22H36O4/c1-26-20-12-10-19(11-13-20)22(25)18-8-6-17(7-9-18)21(24)16-4-2-15(14-23)3-5-16/h15-20,23H,2-14H2,1H3. The van der Waals surface area contributed by atoms with E-state index in [2.05, 4.69) is 0 Å². The third kappa shape index (κ3) is 4.75. The number of carbonyl (C=O) groups is 2. The molecule has 1 N–H and O–H groups in total. The molecule has 0 atom stereocenters. The molecule has 0 heterocycles. The van der Waals surface area contributed by atoms with Crippen LogP contribution in [0.1, 0.15) is 77.0 Å². The Bertz CT molecular complexity index is 421. The van der Waals surface area contributed by atoms with Gasteiger partial charge >= 0.3 is 0 Å². The highest BCUT2D eigenvalue weighted by Gasteiger charge is 2.37. The van der Waals surface area contributed by atoms with Crippen molar-refractivity contribution < 1.29 is 19.4 Å². The molecule has 148 valence electrons. The molecule has 3 saturated carbocycles. The van der Waals surface area contributed by atoms with E-state index in [0.717, 1.165) is 77.0 Å². The molecule has 26 heavy (non-hydrogen) atoms. The first kappa shape index (κ1) is 20.0. The van der Waals surface area contributed by atoms with Crippen LogP contribution in [-0.2, 0) is 14.3 Å². The SMILES string of the molecule is COC1CCC(C(=O)C2CCC(C(=O)C3CCC(CO)CC3)CC2)CC1. The Morgan fingerprint density at radius 2 is 1.04 bits per heavy atom. The fraction of sp³-hybridized carbons (Fsp3) is 0.909. The van der Waals surface area contributed by atoms with Crippen molar-refractivity contribution in [3.05, 3.63) is 0 Å². The monoisotopic (exact) mass is 364 g/mol. The van der Waals surface area contributed by atoms with Gasteiger partial charge in [-0.2, -0.15) is 0 Å². The van der Waals surface area contributed by atoms with Gasteiger partial charge in [0.2, 0.25) is 0 Å². The molecule has 0 amide bonds. The van der Waals surface area contributed by atoms with Gasteiger partial charge in [-0.15, -0.1) is 0 Å². The van der Waals surface area contributed by atoms with Gasteiger partial charge in [0.05, 0.1) is 6.10 Å². The number of aliphatic hydroxyl groups is 1. The van der Waals surface area contributed by atoms with Crippen LogP contribution < -0.4 is 0 Å². The fourth-order valence-corrected chi connectivity index (χ4v) is 5.54. The highest BCUT2D eigenvalue weighted by Crippen LogP contribution is 2.38. The molecule has 0 aliphatic heterocycles. The maximum absolute atomic E-state index is 12.8. The van der Waals surface area contributed by atoms with E-state index in [9.17, 15) is 14.7 Å². The molecular weight excluding hydrogens is 328 g/mol. The van der Waals surface area contributed by atoms with Gasteiger partial charge in [0, 0.05) is 37.4 Å². The van der Waals surface area contributed by atoms with E-state index in [4.69, 9.17) is 4.74 Å². The van der Waals surface area contributed by atoms with E-state index in [1.165, 1.54) is 0 Å². The molecule has 0 bridgehead atoms. The van der Waals surface area contributed by atoms with Gasteiger partial charge in [0.1, 0.15) is 11.6 Å². The zero-order valence-corrected chi connectivity index (χ0v) is 16.3. The summed E-state index contributed by atoms with van der Waals surface area (Å²) in [5.41, 5.74) is 0. The lowest BCUT2D eigenvalue weighted by Crippen LogP contribution is -2.35. The normalized spacial score (nSPS) is 38.7. The summed E-state index contributed by atoms with van der Waals surface area (Å²) >= 11 is 0. The molecule has 3 aliphatic rings. The number of carbonyl (C=O) groups excluding carboxylic acids is 2. The second kappa shape index (κ2) is 9.45. The average molecular weight is 365 g/mol. The van der Waals surface area contributed by atoms with E-state index in [1.807, 2.05) is 0 Å². The summed E-state index contributed by atoms with van der Waals surface area (Å²) in [5.74, 6) is 2.13. The van der Waals surface area contributed by atoms with E-state index in [1.54, 1.807) is 7.11 Å². The molecular formula is C22H36O4. The molecule has 0 saturated heterocycles. The lowest BCUT2D eigenvalue weighted by Gasteiger charge is -2.34. The van der Waals surface area contributed by atoms with E-state index >= 15 is 0 Å². The van der Waals surface area contributed by atoms with Crippen LogP contribution in [0.15, 0.2) is 0 Å². The van der Waals surface area contributed by atoms with Gasteiger partial charge in [-0.3, -0.25) is 9.59 Å². The van der Waals surface area contributed by atoms with Crippen LogP contribution in [0.25, 0.3) is 0 Å². The van der Waals surface area contributed by atoms with Gasteiger partial charge in [-0.25, -0.2) is 0 Å². The molecule has 4 nitrogen and oxygen atoms in total. The van der Waals surface area contributed by atoms with Gasteiger partial charge in [-0.05, 0) is 83.0 Å². The molecule has 0 aromatic carbocycles. The zero-order chi connectivity index (χ0) is 18.5. The number of Topliss-reactive ketones (excluding diaryl/α,β-unsaturated/α-hetero) is 2. The molecule has 0 unspecified atom stereocenters. The van der Waals surface area contributed by atoms with Crippen LogP contribution >= 0.6 is 0 Å². The van der Waals surface area contributed by atoms with E-state index < -0.39 is 0 Å². The van der Waals surface area contributed by atoms with Gasteiger partial charge in [0.15, 0.2) is 0 Å². The van der Waals surface area contributed by atoms with Crippen LogP contribution in [0, 0.1) is 29.6 Å². The van der Waals surface area contributed by atoms with E-state index in [0.29, 0.717) is 23.6 Å². The van der Waals surface area contributed by atoms with Crippen LogP contribution in [0.4, 0.5) is 0 Å². The Labute approximate surface area is 158 Å². The Kier molecular flexibility index (Phi) is 7.27. The van der Waals surface area contributed by atoms with Crippen molar-refractivity contribution in [1.29, 1.82) is 0 Å². The molecule has 3 fully saturated rings. The van der Waals surface area contributed by atoms with E-state index in [-0.39, 0.29) is 30.3 Å². The van der Waals surface area contributed by atoms with Crippen LogP contribution in [0.2, 0.25) is 0 Å². The highest BCUT2D eigenvalue weighted by atomic mass is 16.5. The number of ketones is 2. The first-order chi connectivity index (χ1) is 12.6. The summed E-state index contributed by atoms with van der Waals surface area (Å²) in [6.45, 7) is 0.264. The minimum Gasteiger partial charge on any atom is -0.396 e. The molecule has 0 radical (unpaired) electrons. The summed E-state index contributed by atoms with van der Waals surface area (Å²) in [4.78, 5) is 25.7. The third-order valence-electron chi connectivity index (χ3n) is 7.45. The van der Waals surface area contributed by atoms with Crippen LogP contribution in [0.3, 0.4) is 0 Å². The van der Waals surface area contributed by atoms with Crippen molar-refractivity contribution in [2.75, 3.05) is 13.7 Å². The second-order valence-electron chi connectivity index (χ2n) is 8.96. The predicted octanol–water partition coefficient (Wildman–Crippen LogP) is 3.93. The number of ether oxygens (including phenoxy) is 1. The van der Waals surface area contributed by atoms with Crippen LogP contribution in [-0.4, -0.2) is 36.5 Å². The minimum atomic E-state index is 0.180. The smallest absolute Gasteiger partial charge is 0.139 e. The largest absolute Gasteiger partial charge is 0.396 e. The first-order valence-electron chi connectivity index (χ1n) is 10.8. The summed E-state index contributed by atoms with van der Waals surface area (Å²) in [6, 6.07) is 0. The van der Waals surface area contributed by atoms with Crippen molar-refractivity contribution in [3.63, 3.8) is 0 Å². The molecule has 4 heteroatoms. The summed E-state index contributed by atoms with van der Waals surface area (Å²) in [7, 11) is 1.77. The van der Waals surface area contributed by atoms with Crippen molar-refractivity contribution in [2.45, 2.75) is 83.2 Å². The molecule has 0 aromatic rings. The Morgan fingerprint density at radius 3 is 1.38 bits per heavy atom. The van der Waals surface area contributed by atoms with Crippen molar-refractivity contribution in [3.8, 4) is 0 Å². The average Bonchev–Trinajstić information content (AvgIpc) is 2.73. The third-order valence-corrected chi connectivity index (χ3v) is 7.45. The Morgan fingerprint density at radius 1 is 0.692 bits per heavy atom. The van der Waals surface area contributed by atoms with Crippen molar-refractivity contribution in [1.82, 2.24) is 0 Å². The maximum atomic E-state index is 12.8. The topological polar surface area (TPSA) is 63.6 Å². The maximum Gasteiger partial charge on any atom is 0.139 e. The number of rotatable bonds is 6. The predicted molar refractivity (Wildman–Crippen MR) is 101 cm³/mol.